The Hall–Kier alpha value is -0.890. The number of hydrogen-bond acceptors (Lipinski definition) is 2. The molecule has 15 heavy (non-hydrogen) atoms. The van der Waals surface area contributed by atoms with Crippen molar-refractivity contribution in [2.45, 2.75) is 46.1 Å². The van der Waals surface area contributed by atoms with E-state index in [0.29, 0.717) is 6.04 Å². The van der Waals surface area contributed by atoms with Crippen molar-refractivity contribution < 1.29 is 0 Å². The van der Waals surface area contributed by atoms with Gasteiger partial charge in [-0.3, -0.25) is 4.98 Å². The van der Waals surface area contributed by atoms with Gasteiger partial charge >= 0.3 is 0 Å². The molecule has 2 nitrogen and oxygen atoms in total. The van der Waals surface area contributed by atoms with E-state index in [-0.39, 0.29) is 0 Å². The second kappa shape index (κ2) is 6.57. The lowest BCUT2D eigenvalue weighted by atomic mass is 10.1. The summed E-state index contributed by atoms with van der Waals surface area (Å²) in [7, 11) is 0. The summed E-state index contributed by atoms with van der Waals surface area (Å²) in [6, 6.07) is 2.79. The van der Waals surface area contributed by atoms with Gasteiger partial charge in [0, 0.05) is 18.4 Å². The highest BCUT2D eigenvalue weighted by Gasteiger charge is 2.02. The Morgan fingerprint density at radius 2 is 2.07 bits per heavy atom. The molecular weight excluding hydrogens is 184 g/mol. The largest absolute Gasteiger partial charge is 0.314 e. The van der Waals surface area contributed by atoms with Crippen molar-refractivity contribution in [3.63, 3.8) is 0 Å². The van der Waals surface area contributed by atoms with Gasteiger partial charge in [-0.1, -0.05) is 13.8 Å². The molecule has 0 saturated heterocycles. The van der Waals surface area contributed by atoms with Gasteiger partial charge in [0.15, 0.2) is 0 Å². The lowest BCUT2D eigenvalue weighted by Gasteiger charge is -2.14. The summed E-state index contributed by atoms with van der Waals surface area (Å²) < 4.78 is 0. The molecular formula is C13H22N2. The first-order valence-corrected chi connectivity index (χ1v) is 5.90. The van der Waals surface area contributed by atoms with Gasteiger partial charge in [0.1, 0.15) is 0 Å². The van der Waals surface area contributed by atoms with Crippen LogP contribution >= 0.6 is 0 Å². The number of nitrogens with zero attached hydrogens (tertiary/aromatic N) is 1. The minimum absolute atomic E-state index is 0.673. The Kier molecular flexibility index (Phi) is 5.33. The first-order valence-electron chi connectivity index (χ1n) is 5.90. The molecule has 0 bridgehead atoms. The molecule has 0 atom stereocenters. The summed E-state index contributed by atoms with van der Waals surface area (Å²) in [4.78, 5) is 4.10. The molecule has 0 aliphatic carbocycles. The van der Waals surface area contributed by atoms with E-state index in [1.807, 2.05) is 12.4 Å². The van der Waals surface area contributed by atoms with Crippen LogP contribution in [0.15, 0.2) is 18.5 Å². The summed E-state index contributed by atoms with van der Waals surface area (Å²) in [5.74, 6) is 0. The standard InChI is InChI=1S/C13H22N2/c1-4-13(5-2)15-9-7-12-6-8-14-10-11(12)3/h6,8,10,13,15H,4-5,7,9H2,1-3H3. The summed E-state index contributed by atoms with van der Waals surface area (Å²) in [5.41, 5.74) is 2.70. The SMILES string of the molecule is CCC(CC)NCCc1ccncc1C. The van der Waals surface area contributed by atoms with Gasteiger partial charge in [-0.15, -0.1) is 0 Å². The highest BCUT2D eigenvalue weighted by atomic mass is 14.9. The minimum Gasteiger partial charge on any atom is -0.314 e. The van der Waals surface area contributed by atoms with Gasteiger partial charge in [-0.2, -0.15) is 0 Å². The second-order valence-corrected chi connectivity index (χ2v) is 4.02. The van der Waals surface area contributed by atoms with Crippen LogP contribution in [0.5, 0.6) is 0 Å². The van der Waals surface area contributed by atoms with Gasteiger partial charge < -0.3 is 5.32 Å². The number of rotatable bonds is 6. The van der Waals surface area contributed by atoms with E-state index >= 15 is 0 Å². The molecule has 0 fully saturated rings. The first kappa shape index (κ1) is 12.2. The van der Waals surface area contributed by atoms with E-state index in [1.54, 1.807) is 0 Å². The van der Waals surface area contributed by atoms with Crippen molar-refractivity contribution in [1.82, 2.24) is 10.3 Å². The Labute approximate surface area is 93.1 Å². The molecule has 0 saturated carbocycles. The molecule has 84 valence electrons. The Morgan fingerprint density at radius 3 is 2.67 bits per heavy atom. The highest BCUT2D eigenvalue weighted by Crippen LogP contribution is 2.05. The lowest BCUT2D eigenvalue weighted by Crippen LogP contribution is -2.29. The van der Waals surface area contributed by atoms with Gasteiger partial charge in [-0.05, 0) is 49.9 Å². The predicted octanol–water partition coefficient (Wildman–Crippen LogP) is 2.71. The van der Waals surface area contributed by atoms with Gasteiger partial charge in [0.2, 0.25) is 0 Å². The lowest BCUT2D eigenvalue weighted by molar-refractivity contribution is 0.488. The molecule has 0 unspecified atom stereocenters. The Bertz CT molecular complexity index is 280. The van der Waals surface area contributed by atoms with Crippen LogP contribution in [0.25, 0.3) is 0 Å². The van der Waals surface area contributed by atoms with Crippen LogP contribution in [0.1, 0.15) is 37.8 Å². The van der Waals surface area contributed by atoms with E-state index in [0.717, 1.165) is 13.0 Å². The van der Waals surface area contributed by atoms with Gasteiger partial charge in [0.05, 0.1) is 0 Å². The Balaban J connectivity index is 2.34. The zero-order valence-corrected chi connectivity index (χ0v) is 10.1. The van der Waals surface area contributed by atoms with Crippen molar-refractivity contribution in [2.75, 3.05) is 6.54 Å². The van der Waals surface area contributed by atoms with E-state index in [1.165, 1.54) is 24.0 Å². The summed E-state index contributed by atoms with van der Waals surface area (Å²) in [5, 5.41) is 3.57. The van der Waals surface area contributed by atoms with Crippen LogP contribution in [-0.4, -0.2) is 17.6 Å². The van der Waals surface area contributed by atoms with Crippen molar-refractivity contribution in [3.05, 3.63) is 29.6 Å². The van der Waals surface area contributed by atoms with Crippen LogP contribution in [0.3, 0.4) is 0 Å². The van der Waals surface area contributed by atoms with Crippen LogP contribution in [-0.2, 0) is 6.42 Å². The quantitative estimate of drug-likeness (QED) is 0.774. The number of nitrogens with one attached hydrogen (secondary N) is 1. The normalized spacial score (nSPS) is 10.9. The molecule has 1 aromatic rings. The monoisotopic (exact) mass is 206 g/mol. The fourth-order valence-electron chi connectivity index (χ4n) is 1.77. The van der Waals surface area contributed by atoms with E-state index < -0.39 is 0 Å². The van der Waals surface area contributed by atoms with Gasteiger partial charge in [0.25, 0.3) is 0 Å². The fraction of sp³-hybridized carbons (Fsp3) is 0.615. The van der Waals surface area contributed by atoms with Crippen LogP contribution in [0.4, 0.5) is 0 Å². The average molecular weight is 206 g/mol. The summed E-state index contributed by atoms with van der Waals surface area (Å²) >= 11 is 0. The number of hydrogen-bond donors (Lipinski definition) is 1. The fourth-order valence-corrected chi connectivity index (χ4v) is 1.77. The molecule has 1 heterocycles. The van der Waals surface area contributed by atoms with Crippen molar-refractivity contribution in [3.8, 4) is 0 Å². The maximum absolute atomic E-state index is 4.10. The predicted molar refractivity (Wildman–Crippen MR) is 65.1 cm³/mol. The third kappa shape index (κ3) is 4.00. The molecule has 0 amide bonds. The van der Waals surface area contributed by atoms with Gasteiger partial charge in [-0.25, -0.2) is 0 Å². The Morgan fingerprint density at radius 1 is 1.33 bits per heavy atom. The van der Waals surface area contributed by atoms with Crippen molar-refractivity contribution in [1.29, 1.82) is 0 Å². The molecule has 0 aliphatic rings. The molecule has 1 aromatic heterocycles. The van der Waals surface area contributed by atoms with Crippen molar-refractivity contribution in [2.24, 2.45) is 0 Å². The van der Waals surface area contributed by atoms with Crippen molar-refractivity contribution >= 4 is 0 Å². The van der Waals surface area contributed by atoms with E-state index in [9.17, 15) is 0 Å². The van der Waals surface area contributed by atoms with Crippen LogP contribution < -0.4 is 5.32 Å². The maximum Gasteiger partial charge on any atom is 0.0299 e. The minimum atomic E-state index is 0.673. The maximum atomic E-state index is 4.10. The van der Waals surface area contributed by atoms with Crippen LogP contribution in [0.2, 0.25) is 0 Å². The molecule has 1 N–H and O–H groups in total. The summed E-state index contributed by atoms with van der Waals surface area (Å²) in [6.07, 6.45) is 7.34. The van der Waals surface area contributed by atoms with E-state index in [2.05, 4.69) is 37.1 Å². The first-order chi connectivity index (χ1) is 7.27. The third-order valence-electron chi connectivity index (χ3n) is 2.95. The zero-order valence-electron chi connectivity index (χ0n) is 10.1. The third-order valence-corrected chi connectivity index (χ3v) is 2.95. The number of aromatic nitrogens is 1. The second-order valence-electron chi connectivity index (χ2n) is 4.02. The number of pyridine rings is 1. The highest BCUT2D eigenvalue weighted by molar-refractivity contribution is 5.21. The number of aryl methyl sites for hydroxylation is 1. The molecule has 0 aromatic carbocycles. The van der Waals surface area contributed by atoms with E-state index in [4.69, 9.17) is 0 Å². The molecule has 2 heteroatoms. The van der Waals surface area contributed by atoms with Crippen LogP contribution in [0, 0.1) is 6.92 Å². The smallest absolute Gasteiger partial charge is 0.0299 e. The average Bonchev–Trinajstić information content (AvgIpc) is 2.27. The molecule has 0 radical (unpaired) electrons. The summed E-state index contributed by atoms with van der Waals surface area (Å²) in [6.45, 7) is 7.66. The molecule has 0 aliphatic heterocycles. The topological polar surface area (TPSA) is 24.9 Å². The zero-order chi connectivity index (χ0) is 11.1. The molecule has 1 rings (SSSR count). The molecule has 0 spiro atoms.